The first kappa shape index (κ1) is 16.3. The highest BCUT2D eigenvalue weighted by Gasteiger charge is 2.17. The molecule has 102 valence electrons. The van der Waals surface area contributed by atoms with E-state index in [0.29, 0.717) is 13.1 Å². The van der Waals surface area contributed by atoms with Gasteiger partial charge in [0.1, 0.15) is 0 Å². The summed E-state index contributed by atoms with van der Waals surface area (Å²) < 4.78 is 26.7. The van der Waals surface area contributed by atoms with Crippen LogP contribution in [0, 0.1) is 0 Å². The summed E-state index contributed by atoms with van der Waals surface area (Å²) in [6, 6.07) is 0. The van der Waals surface area contributed by atoms with Crippen molar-refractivity contribution in [1.82, 2.24) is 13.9 Å². The van der Waals surface area contributed by atoms with E-state index in [-0.39, 0.29) is 13.0 Å². The normalized spacial score (nSPS) is 12.3. The number of carboxylic acid groups (broad SMARTS) is 1. The van der Waals surface area contributed by atoms with E-state index < -0.39 is 16.2 Å². The van der Waals surface area contributed by atoms with Crippen molar-refractivity contribution in [2.45, 2.75) is 13.3 Å². The summed E-state index contributed by atoms with van der Waals surface area (Å²) in [6.45, 7) is 3.71. The van der Waals surface area contributed by atoms with Crippen molar-refractivity contribution in [3.05, 3.63) is 0 Å². The zero-order valence-corrected chi connectivity index (χ0v) is 11.3. The topological polar surface area (TPSA) is 90.0 Å². The average molecular weight is 267 g/mol. The van der Waals surface area contributed by atoms with Crippen molar-refractivity contribution in [3.8, 4) is 0 Å². The lowest BCUT2D eigenvalue weighted by Gasteiger charge is -2.18. The van der Waals surface area contributed by atoms with Crippen LogP contribution >= 0.6 is 0 Å². The summed E-state index contributed by atoms with van der Waals surface area (Å²) in [7, 11) is -0.319. The average Bonchev–Trinajstić information content (AvgIpc) is 2.25. The van der Waals surface area contributed by atoms with Gasteiger partial charge in [0.15, 0.2) is 0 Å². The fraction of sp³-hybridized carbons (Fsp3) is 0.889. The number of hydrogen-bond donors (Lipinski definition) is 2. The van der Waals surface area contributed by atoms with Gasteiger partial charge in [-0.25, -0.2) is 4.72 Å². The van der Waals surface area contributed by atoms with Crippen LogP contribution in [0.4, 0.5) is 0 Å². The molecular formula is C9H21N3O4S. The molecule has 0 fully saturated rings. The predicted molar refractivity (Wildman–Crippen MR) is 65.0 cm³/mol. The Balaban J connectivity index is 4.05. The van der Waals surface area contributed by atoms with Gasteiger partial charge in [0.05, 0.1) is 6.42 Å². The van der Waals surface area contributed by atoms with E-state index in [9.17, 15) is 13.2 Å². The van der Waals surface area contributed by atoms with Crippen LogP contribution in [0.15, 0.2) is 0 Å². The second kappa shape index (κ2) is 7.59. The number of rotatable bonds is 9. The quantitative estimate of drug-likeness (QED) is 0.569. The highest BCUT2D eigenvalue weighted by Crippen LogP contribution is 1.95. The highest BCUT2D eigenvalue weighted by atomic mass is 32.2. The van der Waals surface area contributed by atoms with Gasteiger partial charge in [-0.05, 0) is 13.6 Å². The van der Waals surface area contributed by atoms with E-state index in [2.05, 4.69) is 4.72 Å². The Labute approximate surface area is 103 Å². The Kier molecular flexibility index (Phi) is 7.28. The summed E-state index contributed by atoms with van der Waals surface area (Å²) in [5, 5.41) is 8.46. The third kappa shape index (κ3) is 7.27. The number of hydrogen-bond acceptors (Lipinski definition) is 4. The van der Waals surface area contributed by atoms with Crippen LogP contribution in [0.5, 0.6) is 0 Å². The van der Waals surface area contributed by atoms with Gasteiger partial charge in [0.25, 0.3) is 10.2 Å². The molecule has 7 nitrogen and oxygen atoms in total. The third-order valence-electron chi connectivity index (χ3n) is 2.37. The largest absolute Gasteiger partial charge is 0.481 e. The molecule has 0 rings (SSSR count). The molecule has 0 bridgehead atoms. The van der Waals surface area contributed by atoms with Crippen molar-refractivity contribution >= 4 is 16.2 Å². The first-order valence-electron chi connectivity index (χ1n) is 5.41. The van der Waals surface area contributed by atoms with Crippen molar-refractivity contribution in [3.63, 3.8) is 0 Å². The van der Waals surface area contributed by atoms with E-state index >= 15 is 0 Å². The summed E-state index contributed by atoms with van der Waals surface area (Å²) in [4.78, 5) is 12.3. The van der Waals surface area contributed by atoms with Crippen molar-refractivity contribution in [2.24, 2.45) is 0 Å². The van der Waals surface area contributed by atoms with Gasteiger partial charge < -0.3 is 10.0 Å². The first-order valence-corrected chi connectivity index (χ1v) is 6.85. The molecule has 0 unspecified atom stereocenters. The first-order chi connectivity index (χ1) is 7.79. The van der Waals surface area contributed by atoms with Crippen LogP contribution in [-0.2, 0) is 15.0 Å². The van der Waals surface area contributed by atoms with E-state index in [1.807, 2.05) is 18.9 Å². The van der Waals surface area contributed by atoms with Gasteiger partial charge in [0, 0.05) is 26.7 Å². The maximum atomic E-state index is 11.6. The molecule has 0 aromatic carbocycles. The minimum Gasteiger partial charge on any atom is -0.481 e. The Morgan fingerprint density at radius 1 is 1.29 bits per heavy atom. The second-order valence-electron chi connectivity index (χ2n) is 3.76. The summed E-state index contributed by atoms with van der Waals surface area (Å²) in [5.74, 6) is -1.02. The number of carbonyl (C=O) groups is 1. The van der Waals surface area contributed by atoms with Crippen molar-refractivity contribution in [1.29, 1.82) is 0 Å². The lowest BCUT2D eigenvalue weighted by molar-refractivity contribution is -0.137. The third-order valence-corrected chi connectivity index (χ3v) is 3.94. The van der Waals surface area contributed by atoms with Crippen LogP contribution in [0.1, 0.15) is 13.3 Å². The summed E-state index contributed by atoms with van der Waals surface area (Å²) >= 11 is 0. The lowest BCUT2D eigenvalue weighted by atomic mass is 10.4. The molecule has 0 aromatic heterocycles. The van der Waals surface area contributed by atoms with Crippen LogP contribution in [0.3, 0.4) is 0 Å². The Hall–Kier alpha value is -0.700. The molecule has 17 heavy (non-hydrogen) atoms. The molecule has 0 saturated carbocycles. The molecule has 0 aliphatic heterocycles. The molecule has 0 amide bonds. The number of nitrogens with zero attached hydrogens (tertiary/aromatic N) is 2. The molecule has 0 atom stereocenters. The Bertz CT molecular complexity index is 331. The fourth-order valence-electron chi connectivity index (χ4n) is 1.01. The van der Waals surface area contributed by atoms with Crippen molar-refractivity contribution in [2.75, 3.05) is 40.3 Å². The van der Waals surface area contributed by atoms with Gasteiger partial charge >= 0.3 is 5.97 Å². The predicted octanol–water partition coefficient (Wildman–Crippen LogP) is -0.821. The maximum Gasteiger partial charge on any atom is 0.304 e. The second-order valence-corrected chi connectivity index (χ2v) is 5.62. The molecule has 0 aliphatic carbocycles. The summed E-state index contributed by atoms with van der Waals surface area (Å²) in [6.07, 6.45) is -0.202. The molecule has 0 saturated heterocycles. The number of nitrogens with one attached hydrogen (secondary N) is 1. The minimum atomic E-state index is -3.57. The molecular weight excluding hydrogens is 246 g/mol. The fourth-order valence-corrected chi connectivity index (χ4v) is 1.91. The monoisotopic (exact) mass is 267 g/mol. The number of carboxylic acids is 1. The van der Waals surface area contributed by atoms with Crippen LogP contribution in [-0.4, -0.2) is 69.0 Å². The zero-order valence-electron chi connectivity index (χ0n) is 10.5. The molecule has 2 N–H and O–H groups in total. The Morgan fingerprint density at radius 2 is 1.88 bits per heavy atom. The standard InChI is InChI=1S/C9H21N3O4S/c1-4-11(2)8-6-10-17(15,16)12(3)7-5-9(13)14/h10H,4-8H2,1-3H3,(H,13,14). The van der Waals surface area contributed by atoms with E-state index in [1.165, 1.54) is 7.05 Å². The van der Waals surface area contributed by atoms with E-state index in [0.717, 1.165) is 10.8 Å². The van der Waals surface area contributed by atoms with Gasteiger partial charge in [-0.2, -0.15) is 12.7 Å². The molecule has 0 radical (unpaired) electrons. The number of aliphatic carboxylic acids is 1. The molecule has 0 aromatic rings. The number of likely N-dealkylation sites (N-methyl/N-ethyl adjacent to an activating group) is 1. The molecule has 0 aliphatic rings. The van der Waals surface area contributed by atoms with Gasteiger partial charge in [-0.15, -0.1) is 0 Å². The van der Waals surface area contributed by atoms with Crippen LogP contribution in [0.2, 0.25) is 0 Å². The smallest absolute Gasteiger partial charge is 0.304 e. The molecule has 0 heterocycles. The van der Waals surface area contributed by atoms with Gasteiger partial charge in [-0.1, -0.05) is 6.92 Å². The van der Waals surface area contributed by atoms with Crippen molar-refractivity contribution < 1.29 is 18.3 Å². The van der Waals surface area contributed by atoms with E-state index in [4.69, 9.17) is 5.11 Å². The lowest BCUT2D eigenvalue weighted by Crippen LogP contribution is -2.42. The minimum absolute atomic E-state index is 0.0334. The highest BCUT2D eigenvalue weighted by molar-refractivity contribution is 7.87. The SMILES string of the molecule is CCN(C)CCNS(=O)(=O)N(C)CCC(=O)O. The van der Waals surface area contributed by atoms with Crippen LogP contribution < -0.4 is 4.72 Å². The Morgan fingerprint density at radius 3 is 2.35 bits per heavy atom. The van der Waals surface area contributed by atoms with Gasteiger partial charge in [-0.3, -0.25) is 4.79 Å². The molecule has 8 heteroatoms. The van der Waals surface area contributed by atoms with Gasteiger partial charge in [0.2, 0.25) is 0 Å². The molecule has 0 spiro atoms. The van der Waals surface area contributed by atoms with Crippen LogP contribution in [0.25, 0.3) is 0 Å². The zero-order chi connectivity index (χ0) is 13.5. The maximum absolute atomic E-state index is 11.6. The summed E-state index contributed by atoms with van der Waals surface area (Å²) in [5.41, 5.74) is 0. The van der Waals surface area contributed by atoms with E-state index in [1.54, 1.807) is 0 Å².